The molecule has 2 amide bonds. The van der Waals surface area contributed by atoms with E-state index in [4.69, 9.17) is 0 Å². The summed E-state index contributed by atoms with van der Waals surface area (Å²) in [6.07, 6.45) is -4.52. The lowest BCUT2D eigenvalue weighted by atomic mass is 9.87. The number of benzene rings is 2. The van der Waals surface area contributed by atoms with Gasteiger partial charge in [-0.3, -0.25) is 9.59 Å². The van der Waals surface area contributed by atoms with Crippen molar-refractivity contribution in [1.82, 2.24) is 10.6 Å². The average Bonchev–Trinajstić information content (AvgIpc) is 3.02. The second-order valence-electron chi connectivity index (χ2n) is 6.26. The minimum absolute atomic E-state index is 0.0535. The highest BCUT2D eigenvalue weighted by Gasteiger charge is 2.41. The Hall–Kier alpha value is -2.90. The Kier molecular flexibility index (Phi) is 5.16. The van der Waals surface area contributed by atoms with E-state index in [1.807, 2.05) is 0 Å². The Morgan fingerprint density at radius 2 is 1.89 bits per heavy atom. The van der Waals surface area contributed by atoms with Crippen LogP contribution in [0.3, 0.4) is 0 Å². The Bertz CT molecular complexity index is 867. The Labute approximate surface area is 152 Å². The van der Waals surface area contributed by atoms with Crippen molar-refractivity contribution in [2.75, 3.05) is 6.54 Å². The molecular weight excluding hydrogens is 364 g/mol. The fraction of sp³-hybridized carbons (Fsp3) is 0.263. The highest BCUT2D eigenvalue weighted by atomic mass is 19.4. The molecule has 1 aliphatic rings. The molecule has 142 valence electrons. The SMILES string of the molecule is O=C(NCc1ccccc1F)C1C(=O)NCC1c1cccc(C(F)(F)F)c1. The molecule has 1 saturated heterocycles. The van der Waals surface area contributed by atoms with Gasteiger partial charge in [0.15, 0.2) is 0 Å². The van der Waals surface area contributed by atoms with Gasteiger partial charge in [0.05, 0.1) is 5.56 Å². The van der Waals surface area contributed by atoms with Crippen LogP contribution in [-0.2, 0) is 22.3 Å². The topological polar surface area (TPSA) is 58.2 Å². The minimum atomic E-state index is -4.52. The summed E-state index contributed by atoms with van der Waals surface area (Å²) in [6.45, 7) is -0.0669. The number of alkyl halides is 3. The second kappa shape index (κ2) is 7.38. The summed E-state index contributed by atoms with van der Waals surface area (Å²) >= 11 is 0. The molecule has 1 aliphatic heterocycles. The summed E-state index contributed by atoms with van der Waals surface area (Å²) in [5.74, 6) is -3.64. The van der Waals surface area contributed by atoms with E-state index in [1.54, 1.807) is 6.07 Å². The van der Waals surface area contributed by atoms with Gasteiger partial charge in [-0.25, -0.2) is 4.39 Å². The van der Waals surface area contributed by atoms with E-state index < -0.39 is 41.2 Å². The molecule has 8 heteroatoms. The van der Waals surface area contributed by atoms with Gasteiger partial charge in [-0.05, 0) is 17.7 Å². The van der Waals surface area contributed by atoms with Crippen molar-refractivity contribution in [2.45, 2.75) is 18.6 Å². The van der Waals surface area contributed by atoms with Crippen LogP contribution in [0.5, 0.6) is 0 Å². The third-order valence-electron chi connectivity index (χ3n) is 4.52. The molecule has 0 radical (unpaired) electrons. The van der Waals surface area contributed by atoms with Crippen molar-refractivity contribution in [3.8, 4) is 0 Å². The predicted octanol–water partition coefficient (Wildman–Crippen LogP) is 2.99. The van der Waals surface area contributed by atoms with Crippen molar-refractivity contribution in [2.24, 2.45) is 5.92 Å². The van der Waals surface area contributed by atoms with Gasteiger partial charge in [0.25, 0.3) is 0 Å². The van der Waals surface area contributed by atoms with Gasteiger partial charge < -0.3 is 10.6 Å². The van der Waals surface area contributed by atoms with Crippen molar-refractivity contribution < 1.29 is 27.2 Å². The van der Waals surface area contributed by atoms with Crippen LogP contribution in [0.4, 0.5) is 17.6 Å². The maximum absolute atomic E-state index is 13.7. The highest BCUT2D eigenvalue weighted by molar-refractivity contribution is 6.03. The first-order valence-electron chi connectivity index (χ1n) is 8.23. The van der Waals surface area contributed by atoms with Crippen LogP contribution in [0.25, 0.3) is 0 Å². The minimum Gasteiger partial charge on any atom is -0.355 e. The summed E-state index contributed by atoms with van der Waals surface area (Å²) in [4.78, 5) is 24.6. The standard InChI is InChI=1S/C19H16F4N2O2/c20-15-7-2-1-4-12(15)9-24-17(26)16-14(10-25-18(16)27)11-5-3-6-13(8-11)19(21,22)23/h1-8,14,16H,9-10H2,(H,24,26)(H,25,27). The molecule has 2 N–H and O–H groups in total. The Balaban J connectivity index is 1.78. The van der Waals surface area contributed by atoms with E-state index in [1.165, 1.54) is 30.3 Å². The van der Waals surface area contributed by atoms with E-state index in [0.717, 1.165) is 12.1 Å². The number of carbonyl (C=O) groups is 2. The second-order valence-corrected chi connectivity index (χ2v) is 6.26. The third kappa shape index (κ3) is 4.10. The Morgan fingerprint density at radius 1 is 1.15 bits per heavy atom. The first kappa shape index (κ1) is 18.9. The molecule has 0 saturated carbocycles. The lowest BCUT2D eigenvalue weighted by Gasteiger charge is -2.18. The lowest BCUT2D eigenvalue weighted by Crippen LogP contribution is -2.37. The molecule has 0 aromatic heterocycles. The van der Waals surface area contributed by atoms with Crippen LogP contribution in [0.2, 0.25) is 0 Å². The number of carbonyl (C=O) groups excluding carboxylic acids is 2. The zero-order valence-corrected chi connectivity index (χ0v) is 14.0. The van der Waals surface area contributed by atoms with Crippen molar-refractivity contribution in [3.05, 3.63) is 71.0 Å². The van der Waals surface area contributed by atoms with Crippen molar-refractivity contribution in [1.29, 1.82) is 0 Å². The average molecular weight is 380 g/mol. The first-order chi connectivity index (χ1) is 12.8. The van der Waals surface area contributed by atoms with E-state index in [0.29, 0.717) is 0 Å². The number of amides is 2. The molecule has 0 bridgehead atoms. The number of nitrogens with one attached hydrogen (secondary N) is 2. The normalized spacial score (nSPS) is 19.6. The third-order valence-corrected chi connectivity index (χ3v) is 4.52. The van der Waals surface area contributed by atoms with Crippen molar-refractivity contribution in [3.63, 3.8) is 0 Å². The quantitative estimate of drug-likeness (QED) is 0.633. The van der Waals surface area contributed by atoms with Gasteiger partial charge >= 0.3 is 6.18 Å². The van der Waals surface area contributed by atoms with Gasteiger partial charge in [-0.1, -0.05) is 36.4 Å². The summed E-state index contributed by atoms with van der Waals surface area (Å²) < 4.78 is 52.5. The molecule has 2 aromatic rings. The predicted molar refractivity (Wildman–Crippen MR) is 88.9 cm³/mol. The van der Waals surface area contributed by atoms with Crippen LogP contribution >= 0.6 is 0 Å². The van der Waals surface area contributed by atoms with E-state index >= 15 is 0 Å². The Morgan fingerprint density at radius 3 is 2.59 bits per heavy atom. The zero-order valence-electron chi connectivity index (χ0n) is 14.0. The van der Waals surface area contributed by atoms with Crippen LogP contribution in [0.1, 0.15) is 22.6 Å². The van der Waals surface area contributed by atoms with Gasteiger partial charge in [-0.15, -0.1) is 0 Å². The number of hydrogen-bond donors (Lipinski definition) is 2. The number of hydrogen-bond acceptors (Lipinski definition) is 2. The summed E-state index contributed by atoms with van der Waals surface area (Å²) in [6, 6.07) is 10.4. The fourth-order valence-corrected chi connectivity index (χ4v) is 3.11. The number of rotatable bonds is 4. The maximum Gasteiger partial charge on any atom is 0.416 e. The summed E-state index contributed by atoms with van der Waals surface area (Å²) in [5, 5.41) is 5.01. The molecular formula is C19H16F4N2O2. The highest BCUT2D eigenvalue weighted by Crippen LogP contribution is 2.34. The summed E-state index contributed by atoms with van der Waals surface area (Å²) in [5.41, 5.74) is -0.348. The molecule has 4 nitrogen and oxygen atoms in total. The molecule has 2 aromatic carbocycles. The van der Waals surface area contributed by atoms with Gasteiger partial charge in [-0.2, -0.15) is 13.2 Å². The summed E-state index contributed by atoms with van der Waals surface area (Å²) in [7, 11) is 0. The molecule has 2 unspecified atom stereocenters. The molecule has 0 spiro atoms. The van der Waals surface area contributed by atoms with Crippen molar-refractivity contribution >= 4 is 11.8 Å². The largest absolute Gasteiger partial charge is 0.416 e. The van der Waals surface area contributed by atoms with Crippen LogP contribution < -0.4 is 10.6 Å². The van der Waals surface area contributed by atoms with E-state index in [-0.39, 0.29) is 24.2 Å². The van der Waals surface area contributed by atoms with Crippen LogP contribution in [0, 0.1) is 11.7 Å². The molecule has 1 heterocycles. The lowest BCUT2D eigenvalue weighted by molar-refractivity contribution is -0.137. The molecule has 0 aliphatic carbocycles. The first-order valence-corrected chi connectivity index (χ1v) is 8.23. The number of halogens is 4. The van der Waals surface area contributed by atoms with E-state index in [9.17, 15) is 27.2 Å². The molecule has 1 fully saturated rings. The fourth-order valence-electron chi connectivity index (χ4n) is 3.11. The smallest absolute Gasteiger partial charge is 0.355 e. The van der Waals surface area contributed by atoms with E-state index in [2.05, 4.69) is 10.6 Å². The molecule has 27 heavy (non-hydrogen) atoms. The monoisotopic (exact) mass is 380 g/mol. The molecule has 2 atom stereocenters. The zero-order chi connectivity index (χ0) is 19.6. The van der Waals surface area contributed by atoms with Crippen LogP contribution in [-0.4, -0.2) is 18.4 Å². The van der Waals surface area contributed by atoms with Crippen LogP contribution in [0.15, 0.2) is 48.5 Å². The maximum atomic E-state index is 13.7. The van der Waals surface area contributed by atoms with Gasteiger partial charge in [0.1, 0.15) is 11.7 Å². The molecule has 3 rings (SSSR count). The van der Waals surface area contributed by atoms with Gasteiger partial charge in [0, 0.05) is 24.6 Å². The van der Waals surface area contributed by atoms with Gasteiger partial charge in [0.2, 0.25) is 11.8 Å².